The summed E-state index contributed by atoms with van der Waals surface area (Å²) in [6.07, 6.45) is 0. The highest BCUT2D eigenvalue weighted by Gasteiger charge is 2.72. The van der Waals surface area contributed by atoms with Crippen LogP contribution in [0.3, 0.4) is 0 Å². The Bertz CT molecular complexity index is 570. The molecule has 3 rings (SSSR count). The third kappa shape index (κ3) is 1.41. The van der Waals surface area contributed by atoms with Crippen molar-refractivity contribution in [1.82, 2.24) is 0 Å². The molecular weight excluding hydrogens is 244 g/mol. The molecule has 2 unspecified atom stereocenters. The van der Waals surface area contributed by atoms with Gasteiger partial charge in [-0.15, -0.1) is 0 Å². The molecule has 1 saturated carbocycles. The maximum absolute atomic E-state index is 12.3. The van der Waals surface area contributed by atoms with E-state index in [0.717, 1.165) is 0 Å². The molecule has 2 fully saturated rings. The van der Waals surface area contributed by atoms with Gasteiger partial charge in [-0.3, -0.25) is 9.59 Å². The summed E-state index contributed by atoms with van der Waals surface area (Å²) in [4.78, 5) is 25.8. The molecule has 19 heavy (non-hydrogen) atoms. The predicted molar refractivity (Wildman–Crippen MR) is 70.7 cm³/mol. The third-order valence-corrected chi connectivity index (χ3v) is 4.27. The van der Waals surface area contributed by atoms with Crippen molar-refractivity contribution in [2.75, 3.05) is 17.7 Å². The van der Waals surface area contributed by atoms with Crippen molar-refractivity contribution in [3.8, 4) is 5.75 Å². The molecule has 1 aromatic carbocycles. The Balaban J connectivity index is 1.95. The van der Waals surface area contributed by atoms with Crippen LogP contribution in [0.5, 0.6) is 5.75 Å². The quantitative estimate of drug-likeness (QED) is 0.644. The Morgan fingerprint density at radius 1 is 1.21 bits per heavy atom. The molecule has 5 heteroatoms. The lowest BCUT2D eigenvalue weighted by atomic mass is 10.1. The van der Waals surface area contributed by atoms with Crippen molar-refractivity contribution in [1.29, 1.82) is 0 Å². The second-order valence-corrected chi connectivity index (χ2v) is 5.71. The van der Waals surface area contributed by atoms with E-state index in [1.54, 1.807) is 18.2 Å². The zero-order valence-electron chi connectivity index (χ0n) is 11.1. The minimum Gasteiger partial charge on any atom is -0.495 e. The van der Waals surface area contributed by atoms with Gasteiger partial charge in [0.05, 0.1) is 30.3 Å². The van der Waals surface area contributed by atoms with Gasteiger partial charge in [0, 0.05) is 0 Å². The van der Waals surface area contributed by atoms with Crippen molar-refractivity contribution in [2.45, 2.75) is 13.8 Å². The van der Waals surface area contributed by atoms with Gasteiger partial charge >= 0.3 is 0 Å². The van der Waals surface area contributed by atoms with Gasteiger partial charge in [-0.05, 0) is 23.6 Å². The number of methoxy groups -OCH3 is 1. The van der Waals surface area contributed by atoms with E-state index in [4.69, 9.17) is 10.5 Å². The van der Waals surface area contributed by atoms with E-state index < -0.39 is 0 Å². The summed E-state index contributed by atoms with van der Waals surface area (Å²) in [5.41, 5.74) is 6.56. The van der Waals surface area contributed by atoms with Gasteiger partial charge in [0.25, 0.3) is 0 Å². The number of fused-ring (bicyclic) bond motifs is 1. The number of benzene rings is 1. The van der Waals surface area contributed by atoms with Crippen LogP contribution in [0.15, 0.2) is 18.2 Å². The normalized spacial score (nSPS) is 27.4. The fourth-order valence-electron chi connectivity index (χ4n) is 3.06. The summed E-state index contributed by atoms with van der Waals surface area (Å²) in [7, 11) is 1.52. The number of hydrogen-bond donors (Lipinski definition) is 1. The van der Waals surface area contributed by atoms with Crippen molar-refractivity contribution < 1.29 is 14.3 Å². The molecule has 2 atom stereocenters. The highest BCUT2D eigenvalue weighted by atomic mass is 16.5. The average molecular weight is 260 g/mol. The van der Waals surface area contributed by atoms with E-state index in [1.165, 1.54) is 12.0 Å². The van der Waals surface area contributed by atoms with Gasteiger partial charge in [-0.2, -0.15) is 0 Å². The topological polar surface area (TPSA) is 72.6 Å². The first kappa shape index (κ1) is 12.0. The second-order valence-electron chi connectivity index (χ2n) is 5.71. The Hall–Kier alpha value is -2.04. The number of anilines is 2. The van der Waals surface area contributed by atoms with Gasteiger partial charge in [0.2, 0.25) is 11.8 Å². The molecule has 0 aromatic heterocycles. The number of hydrogen-bond acceptors (Lipinski definition) is 4. The lowest BCUT2D eigenvalue weighted by molar-refractivity contribution is -0.125. The van der Waals surface area contributed by atoms with Crippen molar-refractivity contribution >= 4 is 23.2 Å². The monoisotopic (exact) mass is 260 g/mol. The lowest BCUT2D eigenvalue weighted by Crippen LogP contribution is -2.36. The molecule has 0 spiro atoms. The molecule has 2 aliphatic rings. The number of nitrogens with two attached hydrogens (primary N) is 1. The first-order chi connectivity index (χ1) is 8.89. The number of piperidine rings is 1. The van der Waals surface area contributed by atoms with Crippen molar-refractivity contribution in [3.05, 3.63) is 18.2 Å². The van der Waals surface area contributed by atoms with Crippen LogP contribution in [0.25, 0.3) is 0 Å². The molecule has 1 saturated heterocycles. The zero-order valence-corrected chi connectivity index (χ0v) is 11.1. The maximum Gasteiger partial charge on any atom is 0.238 e. The smallest absolute Gasteiger partial charge is 0.238 e. The van der Waals surface area contributed by atoms with Crippen LogP contribution in [-0.4, -0.2) is 18.9 Å². The summed E-state index contributed by atoms with van der Waals surface area (Å²) in [6, 6.07) is 4.95. The number of amides is 2. The van der Waals surface area contributed by atoms with Gasteiger partial charge in [-0.25, -0.2) is 4.90 Å². The Morgan fingerprint density at radius 3 is 2.26 bits per heavy atom. The molecular formula is C14H16N2O3. The van der Waals surface area contributed by atoms with Crippen LogP contribution in [-0.2, 0) is 9.59 Å². The van der Waals surface area contributed by atoms with Crippen LogP contribution < -0.4 is 15.4 Å². The van der Waals surface area contributed by atoms with Gasteiger partial charge < -0.3 is 10.5 Å². The number of nitrogen functional groups attached to an aromatic ring is 1. The van der Waals surface area contributed by atoms with E-state index >= 15 is 0 Å². The Morgan fingerprint density at radius 2 is 1.79 bits per heavy atom. The van der Waals surface area contributed by atoms with Gasteiger partial charge in [0.15, 0.2) is 0 Å². The molecule has 5 nitrogen and oxygen atoms in total. The molecule has 2 amide bonds. The first-order valence-corrected chi connectivity index (χ1v) is 6.21. The van der Waals surface area contributed by atoms with Crippen LogP contribution in [0.2, 0.25) is 0 Å². The largest absolute Gasteiger partial charge is 0.495 e. The zero-order chi connectivity index (χ0) is 13.9. The maximum atomic E-state index is 12.3. The molecule has 1 aliphatic heterocycles. The van der Waals surface area contributed by atoms with Crippen molar-refractivity contribution in [2.24, 2.45) is 17.3 Å². The highest BCUT2D eigenvalue weighted by Crippen LogP contribution is 2.63. The fraction of sp³-hybridized carbons (Fsp3) is 0.429. The Kier molecular flexibility index (Phi) is 2.21. The molecule has 0 bridgehead atoms. The minimum atomic E-state index is -0.192. The van der Waals surface area contributed by atoms with E-state index in [2.05, 4.69) is 0 Å². The van der Waals surface area contributed by atoms with Gasteiger partial charge in [0.1, 0.15) is 5.75 Å². The number of carbonyl (C=O) groups is 2. The summed E-state index contributed by atoms with van der Waals surface area (Å²) in [5, 5.41) is 0. The van der Waals surface area contributed by atoms with Crippen LogP contribution in [0, 0.1) is 17.3 Å². The summed E-state index contributed by atoms with van der Waals surface area (Å²) in [5.74, 6) is -0.0610. The molecule has 1 heterocycles. The summed E-state index contributed by atoms with van der Waals surface area (Å²) >= 11 is 0. The third-order valence-electron chi connectivity index (χ3n) is 4.27. The van der Waals surface area contributed by atoms with Crippen LogP contribution in [0.4, 0.5) is 11.4 Å². The van der Waals surface area contributed by atoms with E-state index in [1.807, 2.05) is 13.8 Å². The Labute approximate surface area is 111 Å². The first-order valence-electron chi connectivity index (χ1n) is 6.21. The standard InChI is InChI=1S/C14H16N2O3/c1-14(2)10-11(14)13(18)16(12(10)17)7-4-5-9(19-3)8(15)6-7/h4-6,10-11H,15H2,1-3H3. The van der Waals surface area contributed by atoms with E-state index in [9.17, 15) is 9.59 Å². The average Bonchev–Trinajstić information content (AvgIpc) is 2.79. The molecule has 100 valence electrons. The van der Waals surface area contributed by atoms with E-state index in [-0.39, 0.29) is 29.1 Å². The highest BCUT2D eigenvalue weighted by molar-refractivity contribution is 6.25. The van der Waals surface area contributed by atoms with Crippen LogP contribution in [0.1, 0.15) is 13.8 Å². The number of imide groups is 1. The van der Waals surface area contributed by atoms with Crippen molar-refractivity contribution in [3.63, 3.8) is 0 Å². The number of carbonyl (C=O) groups excluding carboxylic acids is 2. The molecule has 1 aliphatic carbocycles. The molecule has 0 radical (unpaired) electrons. The van der Waals surface area contributed by atoms with E-state index in [0.29, 0.717) is 17.1 Å². The predicted octanol–water partition coefficient (Wildman–Crippen LogP) is 1.42. The molecule has 2 N–H and O–H groups in total. The van der Waals surface area contributed by atoms with Crippen LogP contribution >= 0.6 is 0 Å². The lowest BCUT2D eigenvalue weighted by Gasteiger charge is -2.21. The minimum absolute atomic E-state index is 0.121. The fourth-order valence-corrected chi connectivity index (χ4v) is 3.06. The summed E-state index contributed by atoms with van der Waals surface area (Å²) in [6.45, 7) is 3.91. The number of ether oxygens (including phenoxy) is 1. The SMILES string of the molecule is COc1ccc(N2C(=O)C3C(C2=O)C3(C)C)cc1N. The number of nitrogens with zero attached hydrogens (tertiary/aromatic N) is 1. The van der Waals surface area contributed by atoms with Gasteiger partial charge in [-0.1, -0.05) is 13.8 Å². The second kappa shape index (κ2) is 3.50. The molecule has 1 aromatic rings. The number of rotatable bonds is 2. The summed E-state index contributed by atoms with van der Waals surface area (Å²) < 4.78 is 5.07.